The Morgan fingerprint density at radius 3 is 1.88 bits per heavy atom. The molecule has 3 nitrogen and oxygen atoms in total. The lowest BCUT2D eigenvalue weighted by Crippen LogP contribution is -3.00. The molecule has 26 heavy (non-hydrogen) atoms. The first-order valence-corrected chi connectivity index (χ1v) is 10.6. The number of rotatable bonds is 17. The van der Waals surface area contributed by atoms with Gasteiger partial charge in [-0.15, -0.1) is 0 Å². The molecule has 4 heteroatoms. The molecule has 0 spiro atoms. The fourth-order valence-corrected chi connectivity index (χ4v) is 3.11. The number of ether oxygens (including phenoxy) is 1. The number of halogens is 1. The predicted octanol–water partition coefficient (Wildman–Crippen LogP) is 2.89. The van der Waals surface area contributed by atoms with Crippen LogP contribution in [-0.4, -0.2) is 43.7 Å². The van der Waals surface area contributed by atoms with Gasteiger partial charge in [0.2, 0.25) is 0 Å². The summed E-state index contributed by atoms with van der Waals surface area (Å²) in [4.78, 5) is 11.1. The first-order valence-electron chi connectivity index (χ1n) is 10.6. The van der Waals surface area contributed by atoms with Gasteiger partial charge in [0, 0.05) is 6.08 Å². The minimum atomic E-state index is -0.321. The number of likely N-dealkylation sites (N-methyl/N-ethyl adjacent to an activating group) is 1. The molecule has 0 rings (SSSR count). The maximum atomic E-state index is 11.1. The minimum Gasteiger partial charge on any atom is -1.00 e. The Kier molecular flexibility index (Phi) is 19.0. The molecule has 1 atom stereocenters. The molecule has 0 radical (unpaired) electrons. The normalized spacial score (nSPS) is 12.3. The van der Waals surface area contributed by atoms with Crippen molar-refractivity contribution >= 4 is 5.97 Å². The summed E-state index contributed by atoms with van der Waals surface area (Å²) in [6.07, 6.45) is 17.8. The molecule has 0 aromatic carbocycles. The minimum absolute atomic E-state index is 0. The van der Waals surface area contributed by atoms with Crippen molar-refractivity contribution in [3.63, 3.8) is 0 Å². The van der Waals surface area contributed by atoms with Crippen molar-refractivity contribution in [3.8, 4) is 0 Å². The Morgan fingerprint density at radius 2 is 1.42 bits per heavy atom. The van der Waals surface area contributed by atoms with E-state index in [0.29, 0.717) is 12.6 Å². The van der Waals surface area contributed by atoms with Crippen LogP contribution in [0.3, 0.4) is 0 Å². The van der Waals surface area contributed by atoms with E-state index < -0.39 is 0 Å². The standard InChI is InChI=1S/C22H44NO2.ClH/c1-6-8-9-10-11-12-13-14-15-16-17-18-21(3)23(4,5)19-20-25-22(24)7-2;/h7,21H,2,6,8-20H2,1,3-5H3;1H/q+1;/p-1. The summed E-state index contributed by atoms with van der Waals surface area (Å²) in [6, 6.07) is 0.598. The number of hydrogen-bond donors (Lipinski definition) is 0. The fourth-order valence-electron chi connectivity index (χ4n) is 3.11. The van der Waals surface area contributed by atoms with Crippen molar-refractivity contribution in [1.82, 2.24) is 0 Å². The second-order valence-electron chi connectivity index (χ2n) is 8.05. The molecule has 1 unspecified atom stereocenters. The van der Waals surface area contributed by atoms with E-state index in [9.17, 15) is 4.79 Å². The average Bonchev–Trinajstić information content (AvgIpc) is 2.59. The summed E-state index contributed by atoms with van der Waals surface area (Å²) in [5.74, 6) is -0.321. The first kappa shape index (κ1) is 27.7. The topological polar surface area (TPSA) is 26.3 Å². The van der Waals surface area contributed by atoms with Crippen molar-refractivity contribution in [3.05, 3.63) is 12.7 Å². The quantitative estimate of drug-likeness (QED) is 0.165. The number of carbonyl (C=O) groups excluding carboxylic acids is 1. The van der Waals surface area contributed by atoms with E-state index in [1.165, 1.54) is 83.1 Å². The van der Waals surface area contributed by atoms with Crippen LogP contribution in [0.4, 0.5) is 0 Å². The molecular formula is C22H44ClNO2. The summed E-state index contributed by atoms with van der Waals surface area (Å²) in [7, 11) is 4.45. The maximum Gasteiger partial charge on any atom is 0.330 e. The highest BCUT2D eigenvalue weighted by molar-refractivity contribution is 5.81. The van der Waals surface area contributed by atoms with Gasteiger partial charge >= 0.3 is 5.97 Å². The summed E-state index contributed by atoms with van der Waals surface area (Å²) >= 11 is 0. The van der Waals surface area contributed by atoms with E-state index in [0.717, 1.165) is 11.0 Å². The third kappa shape index (κ3) is 15.7. The van der Waals surface area contributed by atoms with Gasteiger partial charge in [-0.1, -0.05) is 77.7 Å². The van der Waals surface area contributed by atoms with Crippen LogP contribution in [0.15, 0.2) is 12.7 Å². The molecule has 0 fully saturated rings. The van der Waals surface area contributed by atoms with Crippen molar-refractivity contribution in [2.45, 2.75) is 96.9 Å². The zero-order valence-corrected chi connectivity index (χ0v) is 18.7. The van der Waals surface area contributed by atoms with E-state index in [1.54, 1.807) is 0 Å². The summed E-state index contributed by atoms with van der Waals surface area (Å²) in [5.41, 5.74) is 0. The van der Waals surface area contributed by atoms with Crippen molar-refractivity contribution < 1.29 is 26.4 Å². The zero-order chi connectivity index (χ0) is 19.0. The van der Waals surface area contributed by atoms with E-state index in [4.69, 9.17) is 4.74 Å². The largest absolute Gasteiger partial charge is 1.00 e. The average molecular weight is 390 g/mol. The van der Waals surface area contributed by atoms with E-state index >= 15 is 0 Å². The third-order valence-electron chi connectivity index (χ3n) is 5.50. The molecule has 0 aromatic rings. The van der Waals surface area contributed by atoms with Crippen LogP contribution in [0.5, 0.6) is 0 Å². The van der Waals surface area contributed by atoms with Gasteiger partial charge in [0.15, 0.2) is 0 Å². The first-order chi connectivity index (χ1) is 11.9. The highest BCUT2D eigenvalue weighted by Gasteiger charge is 2.23. The number of hydrogen-bond acceptors (Lipinski definition) is 2. The van der Waals surface area contributed by atoms with Gasteiger partial charge < -0.3 is 21.6 Å². The monoisotopic (exact) mass is 389 g/mol. The number of carbonyl (C=O) groups is 1. The van der Waals surface area contributed by atoms with Gasteiger partial charge in [-0.2, -0.15) is 0 Å². The third-order valence-corrected chi connectivity index (χ3v) is 5.50. The molecule has 0 heterocycles. The molecule has 0 N–H and O–H groups in total. The zero-order valence-electron chi connectivity index (χ0n) is 17.9. The predicted molar refractivity (Wildman–Crippen MR) is 109 cm³/mol. The number of esters is 1. The van der Waals surface area contributed by atoms with Crippen LogP contribution in [-0.2, 0) is 9.53 Å². The lowest BCUT2D eigenvalue weighted by Gasteiger charge is -2.36. The summed E-state index contributed by atoms with van der Waals surface area (Å²) < 4.78 is 6.02. The lowest BCUT2D eigenvalue weighted by molar-refractivity contribution is -0.913. The van der Waals surface area contributed by atoms with Crippen LogP contribution in [0.25, 0.3) is 0 Å². The molecule has 0 amide bonds. The summed E-state index contributed by atoms with van der Waals surface area (Å²) in [5, 5.41) is 0. The smallest absolute Gasteiger partial charge is 0.330 e. The van der Waals surface area contributed by atoms with Crippen molar-refractivity contribution in [1.29, 1.82) is 0 Å². The van der Waals surface area contributed by atoms with Gasteiger partial charge in [-0.25, -0.2) is 4.79 Å². The molecular weight excluding hydrogens is 346 g/mol. The molecule has 156 valence electrons. The Balaban J connectivity index is 0. The molecule has 0 aliphatic rings. The van der Waals surface area contributed by atoms with E-state index in [1.807, 2.05) is 0 Å². The Bertz CT molecular complexity index is 345. The Morgan fingerprint density at radius 1 is 0.962 bits per heavy atom. The second-order valence-corrected chi connectivity index (χ2v) is 8.05. The molecule has 0 bridgehead atoms. The van der Waals surface area contributed by atoms with Crippen molar-refractivity contribution in [2.24, 2.45) is 0 Å². The summed E-state index contributed by atoms with van der Waals surface area (Å²) in [6.45, 7) is 9.34. The van der Waals surface area contributed by atoms with Crippen LogP contribution < -0.4 is 12.4 Å². The maximum absolute atomic E-state index is 11.1. The van der Waals surface area contributed by atoms with Crippen LogP contribution in [0.1, 0.15) is 90.9 Å². The van der Waals surface area contributed by atoms with Crippen LogP contribution in [0, 0.1) is 0 Å². The fraction of sp³-hybridized carbons (Fsp3) is 0.864. The van der Waals surface area contributed by atoms with Gasteiger partial charge in [-0.05, 0) is 19.8 Å². The van der Waals surface area contributed by atoms with Gasteiger partial charge in [-0.3, -0.25) is 0 Å². The number of nitrogens with zero attached hydrogens (tertiary/aromatic N) is 1. The van der Waals surface area contributed by atoms with Crippen LogP contribution in [0.2, 0.25) is 0 Å². The SMILES string of the molecule is C=CC(=O)OCC[N+](C)(C)C(C)CCCCCCCCCCCCC.[Cl-]. The molecule has 0 aromatic heterocycles. The van der Waals surface area contributed by atoms with Crippen LogP contribution >= 0.6 is 0 Å². The molecule has 0 saturated heterocycles. The van der Waals surface area contributed by atoms with Crippen molar-refractivity contribution in [2.75, 3.05) is 27.2 Å². The van der Waals surface area contributed by atoms with Gasteiger partial charge in [0.05, 0.1) is 20.1 Å². The molecule has 0 saturated carbocycles. The molecule has 0 aliphatic carbocycles. The Labute approximate surface area is 169 Å². The number of quaternary nitrogens is 1. The lowest BCUT2D eigenvalue weighted by atomic mass is 10.0. The highest BCUT2D eigenvalue weighted by atomic mass is 35.5. The Hall–Kier alpha value is -0.540. The van der Waals surface area contributed by atoms with E-state index in [2.05, 4.69) is 34.5 Å². The number of unbranched alkanes of at least 4 members (excludes halogenated alkanes) is 10. The second kappa shape index (κ2) is 17.9. The highest BCUT2D eigenvalue weighted by Crippen LogP contribution is 2.16. The molecule has 0 aliphatic heterocycles. The van der Waals surface area contributed by atoms with E-state index in [-0.39, 0.29) is 18.4 Å². The van der Waals surface area contributed by atoms with Gasteiger partial charge in [0.25, 0.3) is 0 Å². The van der Waals surface area contributed by atoms with Gasteiger partial charge in [0.1, 0.15) is 13.2 Å².